The number of nitro benzene ring substituents is 1. The topological polar surface area (TPSA) is 89.8 Å². The van der Waals surface area contributed by atoms with Gasteiger partial charge in [0, 0.05) is 12.1 Å². The van der Waals surface area contributed by atoms with Gasteiger partial charge in [-0.3, -0.25) is 14.4 Å². The second-order valence-corrected chi connectivity index (χ2v) is 7.17. The summed E-state index contributed by atoms with van der Waals surface area (Å²) in [5, 5.41) is 11.1. The molecule has 0 bridgehead atoms. The predicted octanol–water partition coefficient (Wildman–Crippen LogP) is 3.64. The minimum atomic E-state index is -4.05. The molecule has 0 amide bonds. The van der Waals surface area contributed by atoms with Gasteiger partial charge in [-0.05, 0) is 24.3 Å². The fraction of sp³-hybridized carbons (Fsp3) is 0.125. The van der Waals surface area contributed by atoms with Crippen LogP contribution < -0.4 is 9.04 Å². The summed E-state index contributed by atoms with van der Waals surface area (Å²) in [6.07, 6.45) is 1.41. The normalized spacial score (nSPS) is 11.0. The van der Waals surface area contributed by atoms with Crippen LogP contribution in [0.2, 0.25) is 5.02 Å². The van der Waals surface area contributed by atoms with E-state index in [0.717, 1.165) is 10.4 Å². The first-order valence-corrected chi connectivity index (χ1v) is 8.84. The van der Waals surface area contributed by atoms with Crippen molar-refractivity contribution in [3.8, 4) is 5.75 Å². The molecule has 0 aliphatic rings. The highest BCUT2D eigenvalue weighted by Crippen LogP contribution is 2.32. The van der Waals surface area contributed by atoms with Gasteiger partial charge in [0.2, 0.25) is 0 Å². The molecule has 0 aliphatic carbocycles. The molecular weight excluding hydrogens is 368 g/mol. The van der Waals surface area contributed by atoms with E-state index in [4.69, 9.17) is 16.3 Å². The smallest absolute Gasteiger partial charge is 0.270 e. The number of halogens is 1. The molecule has 0 heterocycles. The Hall–Kier alpha value is -2.58. The van der Waals surface area contributed by atoms with Crippen molar-refractivity contribution >= 4 is 33.0 Å². The Balaban J connectivity index is 2.55. The largest absolute Gasteiger partial charge is 0.495 e. The molecule has 2 aromatic rings. The highest BCUT2D eigenvalue weighted by molar-refractivity contribution is 7.92. The number of sulfonamides is 1. The summed E-state index contributed by atoms with van der Waals surface area (Å²) in [6, 6.07) is 9.36. The molecule has 0 radical (unpaired) electrons. The van der Waals surface area contributed by atoms with Crippen molar-refractivity contribution in [3.05, 3.63) is 70.3 Å². The Bertz CT molecular complexity index is 914. The lowest BCUT2D eigenvalue weighted by molar-refractivity contribution is -0.385. The van der Waals surface area contributed by atoms with Gasteiger partial charge in [0.25, 0.3) is 15.7 Å². The van der Waals surface area contributed by atoms with Gasteiger partial charge in [0.1, 0.15) is 5.75 Å². The van der Waals surface area contributed by atoms with Crippen molar-refractivity contribution in [1.82, 2.24) is 0 Å². The molecule has 7 nitrogen and oxygen atoms in total. The summed E-state index contributed by atoms with van der Waals surface area (Å²) in [5.41, 5.74) is -0.0235. The molecular formula is C16H15ClN2O5S. The number of nitrogens with zero attached hydrogens (tertiary/aromatic N) is 2. The Kier molecular flexibility index (Phi) is 5.66. The Morgan fingerprint density at radius 1 is 1.32 bits per heavy atom. The molecule has 25 heavy (non-hydrogen) atoms. The molecule has 0 fully saturated rings. The van der Waals surface area contributed by atoms with Gasteiger partial charge in [-0.1, -0.05) is 23.7 Å². The van der Waals surface area contributed by atoms with E-state index < -0.39 is 14.9 Å². The third kappa shape index (κ3) is 3.92. The molecule has 132 valence electrons. The van der Waals surface area contributed by atoms with Crippen LogP contribution in [0.3, 0.4) is 0 Å². The summed E-state index contributed by atoms with van der Waals surface area (Å²) < 4.78 is 32.0. The van der Waals surface area contributed by atoms with E-state index in [-0.39, 0.29) is 27.8 Å². The lowest BCUT2D eigenvalue weighted by Gasteiger charge is -2.23. The van der Waals surface area contributed by atoms with E-state index in [0.29, 0.717) is 5.75 Å². The Morgan fingerprint density at radius 3 is 2.60 bits per heavy atom. The number of nitro groups is 1. The average Bonchev–Trinajstić information content (AvgIpc) is 2.59. The zero-order chi connectivity index (χ0) is 18.6. The molecule has 2 aromatic carbocycles. The maximum absolute atomic E-state index is 12.9. The molecule has 0 unspecified atom stereocenters. The van der Waals surface area contributed by atoms with E-state index in [1.54, 1.807) is 0 Å². The molecule has 2 rings (SSSR count). The van der Waals surface area contributed by atoms with Gasteiger partial charge in [-0.2, -0.15) is 0 Å². The van der Waals surface area contributed by atoms with Crippen LogP contribution in [0.15, 0.2) is 60.0 Å². The van der Waals surface area contributed by atoms with E-state index in [1.165, 1.54) is 49.6 Å². The summed E-state index contributed by atoms with van der Waals surface area (Å²) in [4.78, 5) is 10.1. The maximum Gasteiger partial charge on any atom is 0.270 e. The number of anilines is 1. The van der Waals surface area contributed by atoms with Crippen LogP contribution in [-0.2, 0) is 10.0 Å². The molecule has 0 aliphatic heterocycles. The number of rotatable bonds is 7. The maximum atomic E-state index is 12.9. The molecule has 9 heteroatoms. The van der Waals surface area contributed by atoms with E-state index in [2.05, 4.69) is 6.58 Å². The van der Waals surface area contributed by atoms with Crippen LogP contribution in [0.25, 0.3) is 0 Å². The van der Waals surface area contributed by atoms with Crippen LogP contribution in [-0.4, -0.2) is 27.0 Å². The van der Waals surface area contributed by atoms with E-state index in [9.17, 15) is 18.5 Å². The second kappa shape index (κ2) is 7.54. The first-order valence-electron chi connectivity index (χ1n) is 7.03. The van der Waals surface area contributed by atoms with E-state index >= 15 is 0 Å². The molecule has 0 saturated heterocycles. The fourth-order valence-electron chi connectivity index (χ4n) is 2.15. The summed E-state index contributed by atoms with van der Waals surface area (Å²) in [7, 11) is -2.60. The average molecular weight is 383 g/mol. The third-order valence-corrected chi connectivity index (χ3v) is 5.42. The van der Waals surface area contributed by atoms with Gasteiger partial charge in [-0.25, -0.2) is 8.42 Å². The van der Waals surface area contributed by atoms with Gasteiger partial charge in [0.05, 0.1) is 34.2 Å². The van der Waals surface area contributed by atoms with Crippen LogP contribution in [0, 0.1) is 10.1 Å². The van der Waals surface area contributed by atoms with Gasteiger partial charge < -0.3 is 4.74 Å². The molecule has 0 spiro atoms. The zero-order valence-electron chi connectivity index (χ0n) is 13.3. The van der Waals surface area contributed by atoms with Gasteiger partial charge >= 0.3 is 0 Å². The van der Waals surface area contributed by atoms with Crippen LogP contribution in [0.5, 0.6) is 5.75 Å². The van der Waals surface area contributed by atoms with E-state index in [1.807, 2.05) is 0 Å². The van der Waals surface area contributed by atoms with Crippen molar-refractivity contribution in [1.29, 1.82) is 0 Å². The first-order chi connectivity index (χ1) is 11.8. The van der Waals surface area contributed by atoms with Crippen molar-refractivity contribution in [2.75, 3.05) is 18.0 Å². The lowest BCUT2D eigenvalue weighted by Crippen LogP contribution is -2.31. The monoisotopic (exact) mass is 382 g/mol. The Morgan fingerprint density at radius 2 is 2.04 bits per heavy atom. The van der Waals surface area contributed by atoms with Crippen LogP contribution in [0.4, 0.5) is 11.4 Å². The highest BCUT2D eigenvalue weighted by atomic mass is 35.5. The Labute approximate surface area is 150 Å². The lowest BCUT2D eigenvalue weighted by atomic mass is 10.3. The molecule has 0 aromatic heterocycles. The first kappa shape index (κ1) is 18.8. The van der Waals surface area contributed by atoms with Crippen LogP contribution in [0.1, 0.15) is 0 Å². The SMILES string of the molecule is C=CCN(c1ccc(OC)c(Cl)c1)S(=O)(=O)c1cccc([N+](=O)[O-])c1. The zero-order valence-corrected chi connectivity index (χ0v) is 14.8. The standard InChI is InChI=1S/C16H15ClN2O5S/c1-3-9-18(12-7-8-16(24-2)15(17)11-12)25(22,23)14-6-4-5-13(10-14)19(20)21/h3-8,10-11H,1,9H2,2H3. The summed E-state index contributed by atoms with van der Waals surface area (Å²) in [5.74, 6) is 0.400. The fourth-order valence-corrected chi connectivity index (χ4v) is 3.87. The molecule has 0 saturated carbocycles. The predicted molar refractivity (Wildman–Crippen MR) is 95.8 cm³/mol. The minimum absolute atomic E-state index is 0.0340. The van der Waals surface area contributed by atoms with Gasteiger partial charge in [-0.15, -0.1) is 6.58 Å². The molecule has 0 N–H and O–H groups in total. The number of benzene rings is 2. The highest BCUT2D eigenvalue weighted by Gasteiger charge is 2.26. The van der Waals surface area contributed by atoms with Crippen LogP contribution >= 0.6 is 11.6 Å². The summed E-state index contributed by atoms with van der Waals surface area (Å²) >= 11 is 6.08. The van der Waals surface area contributed by atoms with Crippen molar-refractivity contribution in [3.63, 3.8) is 0 Å². The van der Waals surface area contributed by atoms with Crippen molar-refractivity contribution in [2.24, 2.45) is 0 Å². The summed E-state index contributed by atoms with van der Waals surface area (Å²) in [6.45, 7) is 3.53. The quantitative estimate of drug-likeness (QED) is 0.414. The van der Waals surface area contributed by atoms with Gasteiger partial charge in [0.15, 0.2) is 0 Å². The van der Waals surface area contributed by atoms with Crippen molar-refractivity contribution in [2.45, 2.75) is 4.90 Å². The minimum Gasteiger partial charge on any atom is -0.495 e. The number of hydrogen-bond acceptors (Lipinski definition) is 5. The third-order valence-electron chi connectivity index (χ3n) is 3.33. The second-order valence-electron chi connectivity index (χ2n) is 4.90. The number of ether oxygens (including phenoxy) is 1. The number of non-ortho nitro benzene ring substituents is 1. The number of hydrogen-bond donors (Lipinski definition) is 0. The molecule has 0 atom stereocenters. The number of methoxy groups -OCH3 is 1. The van der Waals surface area contributed by atoms with Crippen molar-refractivity contribution < 1.29 is 18.1 Å².